The van der Waals surface area contributed by atoms with Gasteiger partial charge in [-0.2, -0.15) is 0 Å². The highest BCUT2D eigenvalue weighted by atomic mass is 32.2. The van der Waals surface area contributed by atoms with Crippen molar-refractivity contribution in [3.8, 4) is 0 Å². The van der Waals surface area contributed by atoms with E-state index in [0.717, 1.165) is 0 Å². The minimum atomic E-state index is -3.14. The van der Waals surface area contributed by atoms with E-state index in [-0.39, 0.29) is 17.9 Å². The van der Waals surface area contributed by atoms with Crippen LogP contribution in [0.1, 0.15) is 12.8 Å². The number of sulfone groups is 1. The van der Waals surface area contributed by atoms with E-state index >= 15 is 0 Å². The molecule has 0 radical (unpaired) electrons. The van der Waals surface area contributed by atoms with Gasteiger partial charge in [-0.3, -0.25) is 4.79 Å². The first-order chi connectivity index (χ1) is 8.69. The summed E-state index contributed by atoms with van der Waals surface area (Å²) in [5.74, 6) is -2.45. The van der Waals surface area contributed by atoms with Gasteiger partial charge >= 0.3 is 12.0 Å². The third-order valence-electron chi connectivity index (χ3n) is 2.58. The molecule has 10 heteroatoms. The van der Waals surface area contributed by atoms with Gasteiger partial charge in [-0.25, -0.2) is 18.0 Å². The normalized spacial score (nSPS) is 22.4. The van der Waals surface area contributed by atoms with Gasteiger partial charge in [0.15, 0.2) is 9.84 Å². The van der Waals surface area contributed by atoms with Crippen LogP contribution in [0.2, 0.25) is 0 Å². The highest BCUT2D eigenvalue weighted by Crippen LogP contribution is 2.10. The largest absolute Gasteiger partial charge is 0.480 e. The molecule has 3 amide bonds. The highest BCUT2D eigenvalue weighted by molar-refractivity contribution is 7.91. The standard InChI is InChI=1S/C9H15N3O6S/c10-7(13)3-6(8(14)15)12-9(16)11-5-1-2-19(17,18)4-5/h5-6H,1-4H2,(H2,10,13)(H,14,15)(H2,11,12,16)/t5?,6-/m0/s1. The SMILES string of the molecule is NC(=O)C[C@H](NC(=O)NC1CCS(=O)(=O)C1)C(=O)O. The van der Waals surface area contributed by atoms with Crippen molar-refractivity contribution < 1.29 is 27.9 Å². The Morgan fingerprint density at radius 2 is 2.00 bits per heavy atom. The van der Waals surface area contributed by atoms with Gasteiger partial charge in [-0.15, -0.1) is 0 Å². The number of amides is 3. The van der Waals surface area contributed by atoms with Crippen LogP contribution in [-0.2, 0) is 19.4 Å². The Balaban J connectivity index is 2.49. The predicted molar refractivity (Wildman–Crippen MR) is 64.0 cm³/mol. The number of carboxylic acids is 1. The van der Waals surface area contributed by atoms with Crippen LogP contribution in [0, 0.1) is 0 Å². The van der Waals surface area contributed by atoms with E-state index < -0.39 is 46.2 Å². The number of hydrogen-bond acceptors (Lipinski definition) is 5. The van der Waals surface area contributed by atoms with Crippen molar-refractivity contribution in [2.24, 2.45) is 5.73 Å². The van der Waals surface area contributed by atoms with Gasteiger partial charge in [0.25, 0.3) is 0 Å². The molecule has 0 aromatic carbocycles. The molecule has 108 valence electrons. The monoisotopic (exact) mass is 293 g/mol. The van der Waals surface area contributed by atoms with Crippen molar-refractivity contribution in [3.63, 3.8) is 0 Å². The van der Waals surface area contributed by atoms with E-state index in [1.807, 2.05) is 0 Å². The van der Waals surface area contributed by atoms with Gasteiger partial charge < -0.3 is 21.5 Å². The van der Waals surface area contributed by atoms with Gasteiger partial charge in [0.05, 0.1) is 17.9 Å². The van der Waals surface area contributed by atoms with Crippen molar-refractivity contribution in [3.05, 3.63) is 0 Å². The maximum Gasteiger partial charge on any atom is 0.326 e. The first-order valence-corrected chi connectivity index (χ1v) is 7.30. The summed E-state index contributed by atoms with van der Waals surface area (Å²) in [6.07, 6.45) is -0.255. The van der Waals surface area contributed by atoms with Crippen LogP contribution in [0.4, 0.5) is 4.79 Å². The molecule has 0 aliphatic carbocycles. The Morgan fingerprint density at radius 1 is 1.37 bits per heavy atom. The van der Waals surface area contributed by atoms with E-state index in [4.69, 9.17) is 10.8 Å². The number of primary amides is 1. The molecule has 1 aliphatic rings. The van der Waals surface area contributed by atoms with Crippen LogP contribution in [0.3, 0.4) is 0 Å². The molecular formula is C9H15N3O6S. The number of urea groups is 1. The third kappa shape index (κ3) is 5.12. The van der Waals surface area contributed by atoms with Crippen molar-refractivity contribution in [2.45, 2.75) is 24.9 Å². The summed E-state index contributed by atoms with van der Waals surface area (Å²) < 4.78 is 22.3. The summed E-state index contributed by atoms with van der Waals surface area (Å²) in [4.78, 5) is 32.9. The number of carbonyl (C=O) groups is 3. The van der Waals surface area contributed by atoms with Crippen LogP contribution in [0.5, 0.6) is 0 Å². The number of nitrogens with two attached hydrogens (primary N) is 1. The fourth-order valence-electron chi connectivity index (χ4n) is 1.70. The van der Waals surface area contributed by atoms with E-state index in [2.05, 4.69) is 10.6 Å². The maximum absolute atomic E-state index is 11.5. The van der Waals surface area contributed by atoms with Gasteiger partial charge in [0.1, 0.15) is 6.04 Å². The Kier molecular flexibility index (Phi) is 4.70. The van der Waals surface area contributed by atoms with Crippen molar-refractivity contribution in [1.29, 1.82) is 0 Å². The summed E-state index contributed by atoms with van der Waals surface area (Å²) in [5, 5.41) is 13.2. The van der Waals surface area contributed by atoms with Crippen LogP contribution in [-0.4, -0.2) is 55.0 Å². The molecule has 9 nitrogen and oxygen atoms in total. The molecule has 1 saturated heterocycles. The van der Waals surface area contributed by atoms with Gasteiger partial charge in [-0.05, 0) is 6.42 Å². The van der Waals surface area contributed by atoms with E-state index in [1.165, 1.54) is 0 Å². The second-order valence-electron chi connectivity index (χ2n) is 4.28. The lowest BCUT2D eigenvalue weighted by atomic mass is 10.2. The molecular weight excluding hydrogens is 278 g/mol. The molecule has 0 aromatic heterocycles. The lowest BCUT2D eigenvalue weighted by Gasteiger charge is -2.16. The Labute approximate surface area is 109 Å². The highest BCUT2D eigenvalue weighted by Gasteiger charge is 2.30. The molecule has 1 unspecified atom stereocenters. The van der Waals surface area contributed by atoms with Crippen LogP contribution in [0.15, 0.2) is 0 Å². The second-order valence-corrected chi connectivity index (χ2v) is 6.51. The Morgan fingerprint density at radius 3 is 2.42 bits per heavy atom. The molecule has 1 aliphatic heterocycles. The summed E-state index contributed by atoms with van der Waals surface area (Å²) in [5.41, 5.74) is 4.85. The smallest absolute Gasteiger partial charge is 0.326 e. The molecule has 1 fully saturated rings. The fraction of sp³-hybridized carbons (Fsp3) is 0.667. The van der Waals surface area contributed by atoms with E-state index in [1.54, 1.807) is 0 Å². The average molecular weight is 293 g/mol. The first kappa shape index (κ1) is 15.2. The summed E-state index contributed by atoms with van der Waals surface area (Å²) >= 11 is 0. The number of carbonyl (C=O) groups excluding carboxylic acids is 2. The number of rotatable bonds is 5. The summed E-state index contributed by atoms with van der Waals surface area (Å²) in [6.45, 7) is 0. The number of hydrogen-bond donors (Lipinski definition) is 4. The molecule has 0 saturated carbocycles. The second kappa shape index (κ2) is 5.87. The minimum absolute atomic E-state index is 0.0123. The summed E-state index contributed by atoms with van der Waals surface area (Å²) in [6, 6.07) is -2.82. The zero-order valence-corrected chi connectivity index (χ0v) is 10.8. The number of aliphatic carboxylic acids is 1. The molecule has 0 aromatic rings. The Hall–Kier alpha value is -1.84. The van der Waals surface area contributed by atoms with Crippen LogP contribution in [0.25, 0.3) is 0 Å². The zero-order valence-electron chi connectivity index (χ0n) is 9.96. The maximum atomic E-state index is 11.5. The Bertz CT molecular complexity index is 488. The van der Waals surface area contributed by atoms with Gasteiger partial charge in [-0.1, -0.05) is 0 Å². The molecule has 5 N–H and O–H groups in total. The van der Waals surface area contributed by atoms with Crippen molar-refractivity contribution >= 4 is 27.7 Å². The first-order valence-electron chi connectivity index (χ1n) is 5.48. The minimum Gasteiger partial charge on any atom is -0.480 e. The number of carboxylic acid groups (broad SMARTS) is 1. The molecule has 1 heterocycles. The third-order valence-corrected chi connectivity index (χ3v) is 4.34. The molecule has 1 rings (SSSR count). The van der Waals surface area contributed by atoms with E-state index in [0.29, 0.717) is 0 Å². The fourth-order valence-corrected chi connectivity index (χ4v) is 3.37. The predicted octanol–water partition coefficient (Wildman–Crippen LogP) is -2.20. The zero-order chi connectivity index (χ0) is 14.6. The molecule has 19 heavy (non-hydrogen) atoms. The average Bonchev–Trinajstić information content (AvgIpc) is 2.56. The quantitative estimate of drug-likeness (QED) is 0.450. The lowest BCUT2D eigenvalue weighted by Crippen LogP contribution is -2.50. The van der Waals surface area contributed by atoms with Crippen LogP contribution >= 0.6 is 0 Å². The number of nitrogens with one attached hydrogen (secondary N) is 2. The van der Waals surface area contributed by atoms with Crippen molar-refractivity contribution in [1.82, 2.24) is 10.6 Å². The summed E-state index contributed by atoms with van der Waals surface area (Å²) in [7, 11) is -3.14. The molecule has 0 bridgehead atoms. The van der Waals surface area contributed by atoms with Crippen LogP contribution < -0.4 is 16.4 Å². The van der Waals surface area contributed by atoms with E-state index in [9.17, 15) is 22.8 Å². The van der Waals surface area contributed by atoms with Gasteiger partial charge in [0.2, 0.25) is 5.91 Å². The topological polar surface area (TPSA) is 156 Å². The molecule has 0 spiro atoms. The molecule has 2 atom stereocenters. The lowest BCUT2D eigenvalue weighted by molar-refractivity contribution is -0.140. The van der Waals surface area contributed by atoms with Gasteiger partial charge in [0, 0.05) is 6.04 Å². The van der Waals surface area contributed by atoms with Crippen molar-refractivity contribution in [2.75, 3.05) is 11.5 Å².